The standard InChI is InChI=1S/C16H13BrN2OS/c17-15-6-5-14(21-15)16(20)19-8-7-13-11(9-19)10-3-1-2-4-12(10)18-13/h1-6,18H,7-9H2. The van der Waals surface area contributed by atoms with Crippen LogP contribution in [0, 0.1) is 0 Å². The Morgan fingerprint density at radius 1 is 1.24 bits per heavy atom. The van der Waals surface area contributed by atoms with Gasteiger partial charge in [0.15, 0.2) is 0 Å². The van der Waals surface area contributed by atoms with Gasteiger partial charge in [0.25, 0.3) is 5.91 Å². The third kappa shape index (κ3) is 2.21. The van der Waals surface area contributed by atoms with E-state index in [9.17, 15) is 4.79 Å². The molecule has 3 nitrogen and oxygen atoms in total. The number of nitrogens with zero attached hydrogens (tertiary/aromatic N) is 1. The van der Waals surface area contributed by atoms with E-state index < -0.39 is 0 Å². The van der Waals surface area contributed by atoms with Crippen molar-refractivity contribution in [3.8, 4) is 0 Å². The molecule has 0 unspecified atom stereocenters. The Morgan fingerprint density at radius 3 is 2.90 bits per heavy atom. The molecule has 1 N–H and O–H groups in total. The lowest BCUT2D eigenvalue weighted by Crippen LogP contribution is -2.35. The number of para-hydroxylation sites is 1. The number of aromatic nitrogens is 1. The smallest absolute Gasteiger partial charge is 0.264 e. The predicted octanol–water partition coefficient (Wildman–Crippen LogP) is 4.19. The molecule has 4 rings (SSSR count). The van der Waals surface area contributed by atoms with Crippen LogP contribution in [0.4, 0.5) is 0 Å². The van der Waals surface area contributed by atoms with Gasteiger partial charge < -0.3 is 9.88 Å². The van der Waals surface area contributed by atoms with Crippen molar-refractivity contribution in [3.63, 3.8) is 0 Å². The van der Waals surface area contributed by atoms with Gasteiger partial charge in [-0.3, -0.25) is 4.79 Å². The molecule has 0 fully saturated rings. The highest BCUT2D eigenvalue weighted by atomic mass is 79.9. The van der Waals surface area contributed by atoms with Gasteiger partial charge in [-0.05, 0) is 34.1 Å². The van der Waals surface area contributed by atoms with Crippen LogP contribution in [0.25, 0.3) is 10.9 Å². The van der Waals surface area contributed by atoms with Crippen LogP contribution in [0.1, 0.15) is 20.9 Å². The topological polar surface area (TPSA) is 36.1 Å². The normalized spacial score (nSPS) is 14.4. The summed E-state index contributed by atoms with van der Waals surface area (Å²) in [5, 5.41) is 1.23. The average Bonchev–Trinajstić information content (AvgIpc) is 3.09. The van der Waals surface area contributed by atoms with Crippen LogP contribution in [0.15, 0.2) is 40.2 Å². The van der Waals surface area contributed by atoms with Gasteiger partial charge in [0.2, 0.25) is 0 Å². The van der Waals surface area contributed by atoms with Crippen LogP contribution in [-0.4, -0.2) is 22.3 Å². The van der Waals surface area contributed by atoms with Crippen LogP contribution in [0.3, 0.4) is 0 Å². The summed E-state index contributed by atoms with van der Waals surface area (Å²) in [5.74, 6) is 0.127. The number of benzene rings is 1. The molecule has 21 heavy (non-hydrogen) atoms. The van der Waals surface area contributed by atoms with Gasteiger partial charge in [0.05, 0.1) is 8.66 Å². The maximum absolute atomic E-state index is 12.6. The van der Waals surface area contributed by atoms with E-state index in [1.807, 2.05) is 29.2 Å². The third-order valence-corrected chi connectivity index (χ3v) is 5.57. The molecule has 0 aliphatic carbocycles. The van der Waals surface area contributed by atoms with Crippen molar-refractivity contribution < 1.29 is 4.79 Å². The Morgan fingerprint density at radius 2 is 2.10 bits per heavy atom. The van der Waals surface area contributed by atoms with Crippen molar-refractivity contribution in [2.24, 2.45) is 0 Å². The van der Waals surface area contributed by atoms with Gasteiger partial charge in [0.1, 0.15) is 0 Å². The fourth-order valence-electron chi connectivity index (χ4n) is 2.92. The molecule has 0 bridgehead atoms. The highest BCUT2D eigenvalue weighted by molar-refractivity contribution is 9.11. The van der Waals surface area contributed by atoms with E-state index in [1.165, 1.54) is 28.0 Å². The van der Waals surface area contributed by atoms with E-state index in [4.69, 9.17) is 0 Å². The lowest BCUT2D eigenvalue weighted by atomic mass is 10.0. The zero-order chi connectivity index (χ0) is 14.4. The van der Waals surface area contributed by atoms with Gasteiger partial charge >= 0.3 is 0 Å². The number of thiophene rings is 1. The first-order valence-electron chi connectivity index (χ1n) is 6.85. The van der Waals surface area contributed by atoms with Crippen molar-refractivity contribution in [1.29, 1.82) is 0 Å². The lowest BCUT2D eigenvalue weighted by molar-refractivity contribution is 0.0740. The van der Waals surface area contributed by atoms with Gasteiger partial charge in [-0.1, -0.05) is 18.2 Å². The molecule has 3 heterocycles. The molecule has 1 aliphatic heterocycles. The number of aromatic amines is 1. The summed E-state index contributed by atoms with van der Waals surface area (Å²) in [6.07, 6.45) is 0.891. The summed E-state index contributed by atoms with van der Waals surface area (Å²) in [6.45, 7) is 1.46. The van der Waals surface area contributed by atoms with Crippen molar-refractivity contribution in [3.05, 3.63) is 56.3 Å². The van der Waals surface area contributed by atoms with E-state index in [0.717, 1.165) is 27.1 Å². The minimum Gasteiger partial charge on any atom is -0.358 e. The zero-order valence-corrected chi connectivity index (χ0v) is 13.6. The fourth-order valence-corrected chi connectivity index (χ4v) is 4.28. The molecular weight excluding hydrogens is 348 g/mol. The molecule has 0 radical (unpaired) electrons. The highest BCUT2D eigenvalue weighted by Gasteiger charge is 2.25. The predicted molar refractivity (Wildman–Crippen MR) is 88.8 cm³/mol. The number of fused-ring (bicyclic) bond motifs is 3. The summed E-state index contributed by atoms with van der Waals surface area (Å²) < 4.78 is 0.996. The van der Waals surface area contributed by atoms with Crippen LogP contribution in [0.2, 0.25) is 0 Å². The van der Waals surface area contributed by atoms with Crippen molar-refractivity contribution in [2.75, 3.05) is 6.54 Å². The molecule has 5 heteroatoms. The number of H-pyrrole nitrogens is 1. The summed E-state index contributed by atoms with van der Waals surface area (Å²) in [5.41, 5.74) is 3.70. The average molecular weight is 361 g/mol. The summed E-state index contributed by atoms with van der Waals surface area (Å²) in [6, 6.07) is 12.1. The molecule has 1 aromatic carbocycles. The lowest BCUT2D eigenvalue weighted by Gasteiger charge is -2.26. The molecule has 3 aromatic rings. The van der Waals surface area contributed by atoms with E-state index in [0.29, 0.717) is 6.54 Å². The van der Waals surface area contributed by atoms with E-state index in [1.54, 1.807) is 0 Å². The summed E-state index contributed by atoms with van der Waals surface area (Å²) in [4.78, 5) is 18.8. The van der Waals surface area contributed by atoms with E-state index in [2.05, 4.69) is 33.0 Å². The number of hydrogen-bond donors (Lipinski definition) is 1. The van der Waals surface area contributed by atoms with Crippen LogP contribution >= 0.6 is 27.3 Å². The molecular formula is C16H13BrN2OS. The van der Waals surface area contributed by atoms with E-state index in [-0.39, 0.29) is 5.91 Å². The molecule has 0 saturated carbocycles. The first kappa shape index (κ1) is 13.1. The van der Waals surface area contributed by atoms with Crippen molar-refractivity contribution in [1.82, 2.24) is 9.88 Å². The second-order valence-electron chi connectivity index (χ2n) is 5.21. The summed E-state index contributed by atoms with van der Waals surface area (Å²) >= 11 is 4.91. The minimum atomic E-state index is 0.127. The number of nitrogens with one attached hydrogen (secondary N) is 1. The first-order chi connectivity index (χ1) is 10.2. The van der Waals surface area contributed by atoms with Crippen molar-refractivity contribution in [2.45, 2.75) is 13.0 Å². The van der Waals surface area contributed by atoms with Gasteiger partial charge in [-0.25, -0.2) is 0 Å². The zero-order valence-electron chi connectivity index (χ0n) is 11.2. The second-order valence-corrected chi connectivity index (χ2v) is 7.67. The van der Waals surface area contributed by atoms with Crippen molar-refractivity contribution >= 4 is 44.1 Å². The number of amides is 1. The molecule has 0 saturated heterocycles. The van der Waals surface area contributed by atoms with Crippen LogP contribution < -0.4 is 0 Å². The molecule has 2 aromatic heterocycles. The molecule has 106 valence electrons. The summed E-state index contributed by atoms with van der Waals surface area (Å²) in [7, 11) is 0. The molecule has 0 spiro atoms. The van der Waals surface area contributed by atoms with Gasteiger partial charge in [-0.15, -0.1) is 11.3 Å². The number of hydrogen-bond acceptors (Lipinski definition) is 2. The quantitative estimate of drug-likeness (QED) is 0.693. The third-order valence-electron chi connectivity index (χ3n) is 3.95. The minimum absolute atomic E-state index is 0.127. The van der Waals surface area contributed by atoms with Crippen LogP contribution in [0.5, 0.6) is 0 Å². The molecule has 1 aliphatic rings. The Hall–Kier alpha value is -1.59. The van der Waals surface area contributed by atoms with Gasteiger partial charge in [-0.2, -0.15) is 0 Å². The number of carbonyl (C=O) groups excluding carboxylic acids is 1. The largest absolute Gasteiger partial charge is 0.358 e. The number of carbonyl (C=O) groups is 1. The van der Waals surface area contributed by atoms with E-state index >= 15 is 0 Å². The Kier molecular flexibility index (Phi) is 3.12. The highest BCUT2D eigenvalue weighted by Crippen LogP contribution is 2.30. The second kappa shape index (κ2) is 5.00. The Balaban J connectivity index is 1.68. The van der Waals surface area contributed by atoms with Crippen LogP contribution in [-0.2, 0) is 13.0 Å². The monoisotopic (exact) mass is 360 g/mol. The van der Waals surface area contributed by atoms with Gasteiger partial charge in [0, 0.05) is 41.7 Å². The SMILES string of the molecule is O=C(c1ccc(Br)s1)N1CCc2[nH]c3ccccc3c2C1. The Bertz CT molecular complexity index is 836. The molecule has 1 amide bonds. The Labute approximate surface area is 134 Å². The number of rotatable bonds is 1. The molecule has 0 atom stereocenters. The fraction of sp³-hybridized carbons (Fsp3) is 0.188. The maximum Gasteiger partial charge on any atom is 0.264 e. The first-order valence-corrected chi connectivity index (χ1v) is 8.46. The maximum atomic E-state index is 12.6. The number of halogens is 1.